The molecule has 0 spiro atoms. The van der Waals surface area contributed by atoms with Crippen molar-refractivity contribution in [2.45, 2.75) is 253 Å². The maximum absolute atomic E-state index is 12.7. The zero-order chi connectivity index (χ0) is 41.5. The Bertz CT molecular complexity index is 899. The Morgan fingerprint density at radius 3 is 1.55 bits per heavy atom. The second kappa shape index (κ2) is 38.7. The number of carbonyl (C=O) groups is 3. The number of esters is 2. The van der Waals surface area contributed by atoms with E-state index < -0.39 is 5.60 Å². The van der Waals surface area contributed by atoms with Crippen molar-refractivity contribution in [1.82, 2.24) is 10.2 Å². The summed E-state index contributed by atoms with van der Waals surface area (Å²) in [6, 6.07) is 0. The number of alkyl carbamates (subject to hydrolysis) is 1. The molecule has 0 aliphatic carbocycles. The summed E-state index contributed by atoms with van der Waals surface area (Å²) < 4.78 is 17.0. The molecule has 1 amide bonds. The average molecular weight is 795 g/mol. The van der Waals surface area contributed by atoms with Crippen molar-refractivity contribution in [3.05, 3.63) is 0 Å². The second-order valence-electron chi connectivity index (χ2n) is 17.6. The number of unbranched alkanes of at least 4 members (excludes halogenated alkanes) is 16. The topological polar surface area (TPSA) is 94.2 Å². The molecule has 8 nitrogen and oxygen atoms in total. The molecule has 0 aliphatic heterocycles. The maximum Gasteiger partial charge on any atom is 0.407 e. The quantitative estimate of drug-likeness (QED) is 0.0375. The fraction of sp³-hybridized carbons (Fsp3) is 0.938. The Labute approximate surface area is 347 Å². The van der Waals surface area contributed by atoms with Gasteiger partial charge in [0, 0.05) is 19.4 Å². The molecule has 1 unspecified atom stereocenters. The van der Waals surface area contributed by atoms with Gasteiger partial charge in [0.2, 0.25) is 0 Å². The summed E-state index contributed by atoms with van der Waals surface area (Å²) in [5, 5.41) is 2.91. The molecule has 0 saturated carbocycles. The zero-order valence-electron chi connectivity index (χ0n) is 38.3. The van der Waals surface area contributed by atoms with Gasteiger partial charge in [-0.15, -0.1) is 0 Å². The molecule has 56 heavy (non-hydrogen) atoms. The van der Waals surface area contributed by atoms with Crippen LogP contribution in [-0.4, -0.2) is 67.4 Å². The van der Waals surface area contributed by atoms with E-state index in [0.717, 1.165) is 116 Å². The lowest BCUT2D eigenvalue weighted by molar-refractivity contribution is -0.150. The number of rotatable bonds is 40. The van der Waals surface area contributed by atoms with E-state index in [0.29, 0.717) is 31.9 Å². The molecule has 0 bridgehead atoms. The van der Waals surface area contributed by atoms with Gasteiger partial charge in [-0.3, -0.25) is 9.59 Å². The van der Waals surface area contributed by atoms with Crippen molar-refractivity contribution in [3.63, 3.8) is 0 Å². The zero-order valence-corrected chi connectivity index (χ0v) is 38.3. The van der Waals surface area contributed by atoms with Crippen LogP contribution >= 0.6 is 0 Å². The summed E-state index contributed by atoms with van der Waals surface area (Å²) in [6.45, 7) is 18.8. The first kappa shape index (κ1) is 54.2. The molecule has 0 aromatic heterocycles. The van der Waals surface area contributed by atoms with Crippen LogP contribution in [0.5, 0.6) is 0 Å². The monoisotopic (exact) mass is 795 g/mol. The molecule has 0 saturated heterocycles. The SMILES string of the molecule is CCCCCCCC(CCCCC)OC(=O)CCCCCCCN(CCCCCCCC(=O)OCCC(CCCC)CCCC)CCCNC(=O)OC(C)(C)C. The molecular weight excluding hydrogens is 701 g/mol. The smallest absolute Gasteiger partial charge is 0.407 e. The summed E-state index contributed by atoms with van der Waals surface area (Å²) in [7, 11) is 0. The predicted octanol–water partition coefficient (Wildman–Crippen LogP) is 13.7. The van der Waals surface area contributed by atoms with Gasteiger partial charge in [0.25, 0.3) is 0 Å². The van der Waals surface area contributed by atoms with Crippen LogP contribution in [0.2, 0.25) is 0 Å². The first-order chi connectivity index (χ1) is 27.0. The molecule has 0 aromatic rings. The molecule has 1 N–H and O–H groups in total. The highest BCUT2D eigenvalue weighted by atomic mass is 16.6. The highest BCUT2D eigenvalue weighted by Crippen LogP contribution is 2.21. The highest BCUT2D eigenvalue weighted by Gasteiger charge is 2.17. The molecule has 0 heterocycles. The first-order valence-corrected chi connectivity index (χ1v) is 24.1. The molecule has 0 aromatic carbocycles. The summed E-state index contributed by atoms with van der Waals surface area (Å²) in [6.07, 6.45) is 32.9. The van der Waals surface area contributed by atoms with E-state index >= 15 is 0 Å². The summed E-state index contributed by atoms with van der Waals surface area (Å²) in [4.78, 5) is 39.7. The van der Waals surface area contributed by atoms with E-state index in [2.05, 4.69) is 37.9 Å². The Morgan fingerprint density at radius 2 is 0.982 bits per heavy atom. The van der Waals surface area contributed by atoms with Crippen LogP contribution < -0.4 is 5.32 Å². The van der Waals surface area contributed by atoms with E-state index in [-0.39, 0.29) is 24.1 Å². The van der Waals surface area contributed by atoms with Crippen LogP contribution in [0, 0.1) is 5.92 Å². The van der Waals surface area contributed by atoms with Crippen LogP contribution in [0.25, 0.3) is 0 Å². The summed E-state index contributed by atoms with van der Waals surface area (Å²) >= 11 is 0. The van der Waals surface area contributed by atoms with Gasteiger partial charge in [-0.25, -0.2) is 4.79 Å². The lowest BCUT2D eigenvalue weighted by Gasteiger charge is -2.23. The van der Waals surface area contributed by atoms with Crippen molar-refractivity contribution < 1.29 is 28.6 Å². The van der Waals surface area contributed by atoms with Crippen LogP contribution in [0.1, 0.15) is 241 Å². The fourth-order valence-corrected chi connectivity index (χ4v) is 7.35. The van der Waals surface area contributed by atoms with Crippen molar-refractivity contribution in [2.75, 3.05) is 32.8 Å². The average Bonchev–Trinajstić information content (AvgIpc) is 3.15. The van der Waals surface area contributed by atoms with Gasteiger partial charge in [0.15, 0.2) is 0 Å². The predicted molar refractivity (Wildman–Crippen MR) is 236 cm³/mol. The highest BCUT2D eigenvalue weighted by molar-refractivity contribution is 5.69. The van der Waals surface area contributed by atoms with Gasteiger partial charge >= 0.3 is 18.0 Å². The number of hydrogen-bond donors (Lipinski definition) is 1. The summed E-state index contributed by atoms with van der Waals surface area (Å²) in [5.74, 6) is 0.657. The summed E-state index contributed by atoms with van der Waals surface area (Å²) in [5.41, 5.74) is -0.494. The van der Waals surface area contributed by atoms with E-state index in [1.165, 1.54) is 83.5 Å². The van der Waals surface area contributed by atoms with Gasteiger partial charge in [0.1, 0.15) is 11.7 Å². The van der Waals surface area contributed by atoms with E-state index in [1.54, 1.807) is 0 Å². The molecular formula is C48H94N2O6. The number of nitrogens with one attached hydrogen (secondary N) is 1. The Hall–Kier alpha value is -1.83. The lowest BCUT2D eigenvalue weighted by atomic mass is 9.93. The third kappa shape index (κ3) is 37.7. The third-order valence-corrected chi connectivity index (χ3v) is 10.8. The Morgan fingerprint density at radius 1 is 0.518 bits per heavy atom. The van der Waals surface area contributed by atoms with Crippen LogP contribution in [0.4, 0.5) is 4.79 Å². The minimum atomic E-state index is -0.494. The number of carbonyl (C=O) groups excluding carboxylic acids is 3. The first-order valence-electron chi connectivity index (χ1n) is 24.1. The van der Waals surface area contributed by atoms with Gasteiger partial charge < -0.3 is 24.4 Å². The second-order valence-corrected chi connectivity index (χ2v) is 17.6. The molecule has 332 valence electrons. The van der Waals surface area contributed by atoms with Crippen LogP contribution in [0.3, 0.4) is 0 Å². The van der Waals surface area contributed by atoms with Crippen molar-refractivity contribution in [2.24, 2.45) is 5.92 Å². The van der Waals surface area contributed by atoms with Gasteiger partial charge in [0.05, 0.1) is 6.61 Å². The normalized spacial score (nSPS) is 12.3. The van der Waals surface area contributed by atoms with Gasteiger partial charge in [-0.05, 0) is 111 Å². The van der Waals surface area contributed by atoms with Crippen LogP contribution in [0.15, 0.2) is 0 Å². The van der Waals surface area contributed by atoms with Crippen molar-refractivity contribution in [3.8, 4) is 0 Å². The van der Waals surface area contributed by atoms with E-state index in [1.807, 2.05) is 20.8 Å². The number of nitrogens with zero attached hydrogens (tertiary/aromatic N) is 1. The Balaban J connectivity index is 4.47. The number of hydrogen-bond acceptors (Lipinski definition) is 7. The molecule has 0 rings (SSSR count). The third-order valence-electron chi connectivity index (χ3n) is 10.8. The largest absolute Gasteiger partial charge is 0.466 e. The fourth-order valence-electron chi connectivity index (χ4n) is 7.35. The molecule has 1 atom stereocenters. The lowest BCUT2D eigenvalue weighted by Crippen LogP contribution is -2.35. The van der Waals surface area contributed by atoms with Gasteiger partial charge in [-0.1, -0.05) is 143 Å². The molecule has 8 heteroatoms. The molecule has 0 fully saturated rings. The molecule has 0 aliphatic rings. The maximum atomic E-state index is 12.7. The van der Waals surface area contributed by atoms with Gasteiger partial charge in [-0.2, -0.15) is 0 Å². The standard InChI is InChI=1S/C48H94N2O6/c1-8-12-16-19-25-34-44(33-24-13-9-2)55-46(52)36-27-21-18-23-29-40-50(41-30-38-49-47(53)56-48(5,6)7)39-28-22-17-20-26-35-45(51)54-42-37-43(31-14-10-3)32-15-11-4/h43-44H,8-42H2,1-7H3,(H,49,53). The minimum Gasteiger partial charge on any atom is -0.466 e. The molecule has 0 radical (unpaired) electrons. The minimum absolute atomic E-state index is 0.00446. The van der Waals surface area contributed by atoms with E-state index in [9.17, 15) is 14.4 Å². The Kier molecular flexibility index (Phi) is 37.4. The number of ether oxygens (including phenoxy) is 3. The van der Waals surface area contributed by atoms with Crippen molar-refractivity contribution >= 4 is 18.0 Å². The van der Waals surface area contributed by atoms with E-state index in [4.69, 9.17) is 14.2 Å². The van der Waals surface area contributed by atoms with Crippen LogP contribution in [-0.2, 0) is 23.8 Å². The number of amides is 1. The van der Waals surface area contributed by atoms with Crippen molar-refractivity contribution in [1.29, 1.82) is 0 Å².